The van der Waals surface area contributed by atoms with Crippen LogP contribution in [0.3, 0.4) is 0 Å². The molecule has 0 amide bonds. The molecule has 1 aromatic carbocycles. The second-order valence-electron chi connectivity index (χ2n) is 9.57. The molecule has 4 rings (SSSR count). The Morgan fingerprint density at radius 1 is 1.09 bits per heavy atom. The van der Waals surface area contributed by atoms with E-state index in [-0.39, 0.29) is 17.8 Å². The zero-order valence-electron chi connectivity index (χ0n) is 19.6. The molecule has 0 saturated carbocycles. The summed E-state index contributed by atoms with van der Waals surface area (Å²) in [6.07, 6.45) is 7.06. The van der Waals surface area contributed by atoms with Crippen LogP contribution in [-0.4, -0.2) is 54.5 Å². The highest BCUT2D eigenvalue weighted by Gasteiger charge is 2.39. The number of hydrazone groups is 1. The topological polar surface area (TPSA) is 126 Å². The molecule has 0 radical (unpaired) electrons. The van der Waals surface area contributed by atoms with E-state index in [0.717, 1.165) is 16.7 Å². The molecule has 0 spiro atoms. The number of nitrogens with zero attached hydrogens (tertiary/aromatic N) is 6. The first-order chi connectivity index (χ1) is 15.6. The standard InChI is InChI=1S/C24H30N7O2/c1-15(2)24(5,19-8-6-16(7-9-19)17-10-26-22(25)27-11-17)21-29-20(33-30-21)18-12-28-31(13-18)14-23(3,4)32/h6-13,15,18,32H,14H2,1-5H3,(H2,25,26,27)/q+1/t18?,24-/m0/s1. The van der Waals surface area contributed by atoms with Crippen molar-refractivity contribution in [3.05, 3.63) is 53.9 Å². The van der Waals surface area contributed by atoms with Gasteiger partial charge in [0.15, 0.2) is 18.0 Å². The number of hydrogen-bond acceptors (Lipinski definition) is 8. The maximum atomic E-state index is 10.0. The molecule has 1 unspecified atom stereocenters. The molecule has 0 fully saturated rings. The number of nitrogens with two attached hydrogens (primary N) is 1. The van der Waals surface area contributed by atoms with E-state index in [1.54, 1.807) is 37.1 Å². The normalized spacial score (nSPS) is 17.9. The van der Waals surface area contributed by atoms with Gasteiger partial charge >= 0.3 is 0 Å². The molecule has 9 nitrogen and oxygen atoms in total. The predicted molar refractivity (Wildman–Crippen MR) is 126 cm³/mol. The predicted octanol–water partition coefficient (Wildman–Crippen LogP) is 3.01. The van der Waals surface area contributed by atoms with Crippen LogP contribution >= 0.6 is 0 Å². The molecular weight excluding hydrogens is 418 g/mol. The highest BCUT2D eigenvalue weighted by Crippen LogP contribution is 2.38. The fraction of sp³-hybridized carbons (Fsp3) is 0.417. The molecule has 0 saturated heterocycles. The largest absolute Gasteiger partial charge is 0.384 e. The minimum atomic E-state index is -0.858. The third-order valence-corrected chi connectivity index (χ3v) is 6.09. The lowest BCUT2D eigenvalue weighted by Gasteiger charge is -2.31. The number of nitrogen functional groups attached to an aromatic ring is 1. The number of hydrogen-bond donors (Lipinski definition) is 2. The van der Waals surface area contributed by atoms with E-state index in [1.165, 1.54) is 0 Å². The van der Waals surface area contributed by atoms with Crippen LogP contribution in [0.15, 0.2) is 46.3 Å². The number of β-amino-alcohol motifs (C(OH)–C–C–N with tert-alkyl or cyclic N) is 1. The number of aromatic nitrogens is 4. The molecule has 1 aliphatic rings. The monoisotopic (exact) mass is 448 g/mol. The summed E-state index contributed by atoms with van der Waals surface area (Å²) in [5.41, 5.74) is 7.26. The molecule has 2 aromatic heterocycles. The van der Waals surface area contributed by atoms with Gasteiger partial charge in [-0.3, -0.25) is 0 Å². The van der Waals surface area contributed by atoms with Gasteiger partial charge in [-0.2, -0.15) is 4.98 Å². The minimum Gasteiger partial charge on any atom is -0.384 e. The Labute approximate surface area is 193 Å². The van der Waals surface area contributed by atoms with Crippen molar-refractivity contribution in [2.24, 2.45) is 11.0 Å². The van der Waals surface area contributed by atoms with Crippen LogP contribution in [0.5, 0.6) is 0 Å². The summed E-state index contributed by atoms with van der Waals surface area (Å²) in [4.78, 5) is 12.9. The van der Waals surface area contributed by atoms with Gasteiger partial charge in [0.2, 0.25) is 18.4 Å². The van der Waals surface area contributed by atoms with Gasteiger partial charge in [-0.25, -0.2) is 9.97 Å². The Kier molecular flexibility index (Phi) is 5.84. The maximum absolute atomic E-state index is 10.0. The van der Waals surface area contributed by atoms with Gasteiger partial charge in [0.1, 0.15) is 5.60 Å². The third-order valence-electron chi connectivity index (χ3n) is 6.09. The van der Waals surface area contributed by atoms with Crippen LogP contribution < -0.4 is 5.73 Å². The van der Waals surface area contributed by atoms with Gasteiger partial charge in [-0.15, -0.1) is 0 Å². The number of anilines is 1. The fourth-order valence-corrected chi connectivity index (χ4v) is 3.84. The Morgan fingerprint density at radius 3 is 2.36 bits per heavy atom. The summed E-state index contributed by atoms with van der Waals surface area (Å²) in [5.74, 6) is 1.34. The minimum absolute atomic E-state index is 0.210. The van der Waals surface area contributed by atoms with Crippen LogP contribution in [0.2, 0.25) is 0 Å². The lowest BCUT2D eigenvalue weighted by atomic mass is 9.72. The molecular formula is C24H30N7O2+. The van der Waals surface area contributed by atoms with Gasteiger partial charge < -0.3 is 15.4 Å². The lowest BCUT2D eigenvalue weighted by Crippen LogP contribution is -2.31. The van der Waals surface area contributed by atoms with Crippen molar-refractivity contribution in [3.8, 4) is 11.1 Å². The Bertz CT molecular complexity index is 1170. The summed E-state index contributed by atoms with van der Waals surface area (Å²) in [6.45, 7) is 10.3. The smallest absolute Gasteiger partial charge is 0.245 e. The van der Waals surface area contributed by atoms with E-state index >= 15 is 0 Å². The Balaban J connectivity index is 1.61. The SMILES string of the molecule is CC(C)[C@@](C)(c1ccc(-c2cnc(N)nc2)cc1)c1noc(C2C=N[N+](CC(C)(C)O)=C2)n1. The van der Waals surface area contributed by atoms with Gasteiger partial charge in [-0.05, 0) is 42.9 Å². The number of aliphatic hydroxyl groups is 1. The number of rotatable bonds is 7. The lowest BCUT2D eigenvalue weighted by molar-refractivity contribution is -0.541. The van der Waals surface area contributed by atoms with Gasteiger partial charge in [0.05, 0.1) is 11.6 Å². The average molecular weight is 449 g/mol. The van der Waals surface area contributed by atoms with Gasteiger partial charge in [-0.1, -0.05) is 48.0 Å². The van der Waals surface area contributed by atoms with Crippen molar-refractivity contribution in [2.45, 2.75) is 51.6 Å². The molecule has 0 bridgehead atoms. The first kappa shape index (κ1) is 22.7. The van der Waals surface area contributed by atoms with E-state index in [9.17, 15) is 5.11 Å². The van der Waals surface area contributed by atoms with Gasteiger partial charge in [0.25, 0.3) is 0 Å². The fourth-order valence-electron chi connectivity index (χ4n) is 3.84. The molecule has 3 N–H and O–H groups in total. The second-order valence-corrected chi connectivity index (χ2v) is 9.57. The highest BCUT2D eigenvalue weighted by molar-refractivity contribution is 5.88. The van der Waals surface area contributed by atoms with E-state index < -0.39 is 11.0 Å². The maximum Gasteiger partial charge on any atom is 0.245 e. The van der Waals surface area contributed by atoms with E-state index in [1.807, 2.05) is 18.3 Å². The zero-order valence-corrected chi connectivity index (χ0v) is 19.6. The molecule has 3 heterocycles. The van der Waals surface area contributed by atoms with Crippen molar-refractivity contribution < 1.29 is 14.3 Å². The van der Waals surface area contributed by atoms with Crippen LogP contribution in [-0.2, 0) is 5.41 Å². The average Bonchev–Trinajstić information content (AvgIpc) is 3.42. The molecule has 2 atom stereocenters. The quantitative estimate of drug-likeness (QED) is 0.532. The second kappa shape index (κ2) is 8.47. The van der Waals surface area contributed by atoms with Crippen LogP contribution in [0.4, 0.5) is 5.95 Å². The first-order valence-corrected chi connectivity index (χ1v) is 11.0. The van der Waals surface area contributed by atoms with Crippen molar-refractivity contribution in [1.29, 1.82) is 0 Å². The molecule has 3 aromatic rings. The van der Waals surface area contributed by atoms with Crippen molar-refractivity contribution in [2.75, 3.05) is 12.3 Å². The Hall–Kier alpha value is -3.46. The summed E-state index contributed by atoms with van der Waals surface area (Å²) in [6, 6.07) is 8.24. The van der Waals surface area contributed by atoms with E-state index in [4.69, 9.17) is 15.2 Å². The summed E-state index contributed by atoms with van der Waals surface area (Å²) in [5, 5.41) is 18.7. The molecule has 172 valence electrons. The zero-order chi connectivity index (χ0) is 23.8. The Morgan fingerprint density at radius 2 is 1.76 bits per heavy atom. The van der Waals surface area contributed by atoms with Gasteiger partial charge in [0, 0.05) is 18.0 Å². The van der Waals surface area contributed by atoms with E-state index in [0.29, 0.717) is 18.3 Å². The number of benzene rings is 1. The highest BCUT2D eigenvalue weighted by atomic mass is 16.5. The van der Waals surface area contributed by atoms with Crippen molar-refractivity contribution in [3.63, 3.8) is 0 Å². The van der Waals surface area contributed by atoms with Crippen molar-refractivity contribution in [1.82, 2.24) is 20.1 Å². The van der Waals surface area contributed by atoms with Crippen molar-refractivity contribution >= 4 is 18.4 Å². The van der Waals surface area contributed by atoms with Crippen LogP contribution in [0.25, 0.3) is 11.1 Å². The summed E-state index contributed by atoms with van der Waals surface area (Å²) in [7, 11) is 0. The van der Waals surface area contributed by atoms with E-state index in [2.05, 4.69) is 53.1 Å². The molecule has 9 heteroatoms. The van der Waals surface area contributed by atoms with Crippen LogP contribution in [0, 0.1) is 5.92 Å². The molecule has 0 aliphatic carbocycles. The first-order valence-electron chi connectivity index (χ1n) is 11.0. The van der Waals surface area contributed by atoms with Crippen LogP contribution in [0.1, 0.15) is 57.8 Å². The molecule has 1 aliphatic heterocycles. The molecule has 33 heavy (non-hydrogen) atoms. The summed E-state index contributed by atoms with van der Waals surface area (Å²) < 4.78 is 7.35. The third kappa shape index (κ3) is 4.68. The summed E-state index contributed by atoms with van der Waals surface area (Å²) >= 11 is 0.